The van der Waals surface area contributed by atoms with Gasteiger partial charge in [-0.1, -0.05) is 0 Å². The molecule has 94 valence electrons. The number of rotatable bonds is 3. The van der Waals surface area contributed by atoms with E-state index in [2.05, 4.69) is 22.6 Å². The molecule has 1 aromatic carbocycles. The zero-order chi connectivity index (χ0) is 12.3. The molecule has 0 amide bonds. The molecule has 1 fully saturated rings. The first-order valence-corrected chi connectivity index (χ1v) is 6.63. The minimum atomic E-state index is -0.0943. The van der Waals surface area contributed by atoms with Crippen molar-refractivity contribution in [1.29, 1.82) is 0 Å². The Morgan fingerprint density at radius 1 is 1.41 bits per heavy atom. The monoisotopic (exact) mass is 349 g/mol. The molecule has 0 aromatic heterocycles. The van der Waals surface area contributed by atoms with Crippen LogP contribution in [0.4, 0.5) is 5.69 Å². The van der Waals surface area contributed by atoms with Gasteiger partial charge in [0.05, 0.1) is 12.3 Å². The van der Waals surface area contributed by atoms with Gasteiger partial charge in [-0.25, -0.2) is 0 Å². The predicted molar refractivity (Wildman–Crippen MR) is 74.0 cm³/mol. The summed E-state index contributed by atoms with van der Waals surface area (Å²) in [5, 5.41) is 0. The van der Waals surface area contributed by atoms with Gasteiger partial charge in [0.15, 0.2) is 6.29 Å². The third-order valence-electron chi connectivity index (χ3n) is 2.72. The molecule has 0 radical (unpaired) electrons. The summed E-state index contributed by atoms with van der Waals surface area (Å²) in [5.41, 5.74) is 6.53. The van der Waals surface area contributed by atoms with Crippen molar-refractivity contribution >= 4 is 28.3 Å². The van der Waals surface area contributed by atoms with Gasteiger partial charge >= 0.3 is 0 Å². The summed E-state index contributed by atoms with van der Waals surface area (Å²) < 4.78 is 17.6. The minimum absolute atomic E-state index is 0.0573. The first-order chi connectivity index (χ1) is 8.19. The van der Waals surface area contributed by atoms with Gasteiger partial charge in [-0.15, -0.1) is 0 Å². The van der Waals surface area contributed by atoms with Crippen molar-refractivity contribution in [3.8, 4) is 5.75 Å². The molecule has 5 heteroatoms. The fourth-order valence-electron chi connectivity index (χ4n) is 1.77. The van der Waals surface area contributed by atoms with Gasteiger partial charge in [0.25, 0.3) is 0 Å². The van der Waals surface area contributed by atoms with Gasteiger partial charge < -0.3 is 19.9 Å². The summed E-state index contributed by atoms with van der Waals surface area (Å²) in [5.74, 6) is 0.737. The molecule has 1 aromatic rings. The number of halogens is 1. The van der Waals surface area contributed by atoms with Gasteiger partial charge in [0.1, 0.15) is 11.9 Å². The van der Waals surface area contributed by atoms with Crippen LogP contribution >= 0.6 is 22.6 Å². The second-order valence-corrected chi connectivity index (χ2v) is 5.24. The topological polar surface area (TPSA) is 53.7 Å². The lowest BCUT2D eigenvalue weighted by Gasteiger charge is -2.28. The molecule has 2 atom stereocenters. The van der Waals surface area contributed by atoms with E-state index in [1.54, 1.807) is 7.11 Å². The minimum Gasteiger partial charge on any atom is -0.486 e. The first-order valence-electron chi connectivity index (χ1n) is 5.55. The highest BCUT2D eigenvalue weighted by Gasteiger charge is 2.23. The Morgan fingerprint density at radius 3 is 2.88 bits per heavy atom. The number of methoxy groups -OCH3 is 1. The van der Waals surface area contributed by atoms with Gasteiger partial charge in [-0.3, -0.25) is 0 Å². The van der Waals surface area contributed by atoms with Crippen molar-refractivity contribution in [2.45, 2.75) is 25.2 Å². The number of hydrogen-bond acceptors (Lipinski definition) is 4. The summed E-state index contributed by atoms with van der Waals surface area (Å²) in [6.45, 7) is 0.545. The Bertz CT molecular complexity index is 378. The van der Waals surface area contributed by atoms with E-state index in [-0.39, 0.29) is 12.4 Å². The SMILES string of the molecule is CO[C@@H]1CC[C@@H](Oc2cc(I)ccc2N)CO1. The summed E-state index contributed by atoms with van der Waals surface area (Å²) in [6.07, 6.45) is 1.74. The number of hydrogen-bond donors (Lipinski definition) is 1. The quantitative estimate of drug-likeness (QED) is 0.673. The normalized spacial score (nSPS) is 24.6. The van der Waals surface area contributed by atoms with Crippen LogP contribution in [-0.4, -0.2) is 26.1 Å². The van der Waals surface area contributed by atoms with E-state index in [1.807, 2.05) is 18.2 Å². The second kappa shape index (κ2) is 5.88. The zero-order valence-corrected chi connectivity index (χ0v) is 11.8. The van der Waals surface area contributed by atoms with E-state index >= 15 is 0 Å². The molecule has 0 bridgehead atoms. The van der Waals surface area contributed by atoms with Crippen LogP contribution in [0, 0.1) is 3.57 Å². The van der Waals surface area contributed by atoms with E-state index in [0.717, 1.165) is 22.2 Å². The fourth-order valence-corrected chi connectivity index (χ4v) is 2.23. The van der Waals surface area contributed by atoms with Crippen molar-refractivity contribution in [3.63, 3.8) is 0 Å². The first kappa shape index (κ1) is 12.9. The third kappa shape index (κ3) is 3.46. The lowest BCUT2D eigenvalue weighted by atomic mass is 10.1. The van der Waals surface area contributed by atoms with Crippen molar-refractivity contribution in [1.82, 2.24) is 0 Å². The van der Waals surface area contributed by atoms with Crippen LogP contribution in [-0.2, 0) is 9.47 Å². The van der Waals surface area contributed by atoms with E-state index in [9.17, 15) is 0 Å². The molecule has 1 aliphatic rings. The standard InChI is InChI=1S/C12H16INO3/c1-15-12-5-3-9(7-16-12)17-11-6-8(13)2-4-10(11)14/h2,4,6,9,12H,3,5,7,14H2,1H3/t9-,12+/m1/s1. The van der Waals surface area contributed by atoms with Crippen LogP contribution in [0.15, 0.2) is 18.2 Å². The summed E-state index contributed by atoms with van der Waals surface area (Å²) in [4.78, 5) is 0. The smallest absolute Gasteiger partial charge is 0.157 e. The Morgan fingerprint density at radius 2 is 2.24 bits per heavy atom. The van der Waals surface area contributed by atoms with Gasteiger partial charge in [-0.05, 0) is 47.2 Å². The molecule has 1 heterocycles. The van der Waals surface area contributed by atoms with Crippen LogP contribution in [0.5, 0.6) is 5.75 Å². The lowest BCUT2D eigenvalue weighted by Crippen LogP contribution is -2.34. The maximum atomic E-state index is 5.87. The highest BCUT2D eigenvalue weighted by molar-refractivity contribution is 14.1. The van der Waals surface area contributed by atoms with Gasteiger partial charge in [-0.2, -0.15) is 0 Å². The number of ether oxygens (including phenoxy) is 3. The highest BCUT2D eigenvalue weighted by Crippen LogP contribution is 2.27. The van der Waals surface area contributed by atoms with Crippen LogP contribution in [0.25, 0.3) is 0 Å². The molecule has 0 spiro atoms. The fraction of sp³-hybridized carbons (Fsp3) is 0.500. The highest BCUT2D eigenvalue weighted by atomic mass is 127. The van der Waals surface area contributed by atoms with Crippen LogP contribution in [0.1, 0.15) is 12.8 Å². The predicted octanol–water partition coefficient (Wildman–Crippen LogP) is 2.40. The number of anilines is 1. The van der Waals surface area contributed by atoms with Gasteiger partial charge in [0, 0.05) is 17.1 Å². The van der Waals surface area contributed by atoms with E-state index < -0.39 is 0 Å². The maximum absolute atomic E-state index is 5.87. The maximum Gasteiger partial charge on any atom is 0.157 e. The summed E-state index contributed by atoms with van der Waals surface area (Å²) >= 11 is 2.24. The largest absolute Gasteiger partial charge is 0.486 e. The van der Waals surface area contributed by atoms with Crippen molar-refractivity contribution in [3.05, 3.63) is 21.8 Å². The van der Waals surface area contributed by atoms with E-state index in [4.69, 9.17) is 19.9 Å². The molecule has 1 aliphatic heterocycles. The second-order valence-electron chi connectivity index (χ2n) is 4.00. The number of nitrogen functional groups attached to an aromatic ring is 1. The molecule has 0 unspecified atom stereocenters. The van der Waals surface area contributed by atoms with E-state index in [0.29, 0.717) is 12.3 Å². The zero-order valence-electron chi connectivity index (χ0n) is 9.69. The molecular weight excluding hydrogens is 333 g/mol. The number of benzene rings is 1. The number of nitrogens with two attached hydrogens (primary N) is 1. The third-order valence-corrected chi connectivity index (χ3v) is 3.40. The molecular formula is C12H16INO3. The molecule has 2 rings (SSSR count). The average Bonchev–Trinajstić information content (AvgIpc) is 2.35. The Balaban J connectivity index is 1.95. The van der Waals surface area contributed by atoms with Crippen molar-refractivity contribution in [2.75, 3.05) is 19.5 Å². The molecule has 1 saturated heterocycles. The van der Waals surface area contributed by atoms with Crippen molar-refractivity contribution < 1.29 is 14.2 Å². The van der Waals surface area contributed by atoms with Crippen LogP contribution < -0.4 is 10.5 Å². The molecule has 17 heavy (non-hydrogen) atoms. The average molecular weight is 349 g/mol. The van der Waals surface area contributed by atoms with Gasteiger partial charge in [0.2, 0.25) is 0 Å². The Labute approximate surface area is 115 Å². The Hall–Kier alpha value is -0.530. The van der Waals surface area contributed by atoms with Crippen LogP contribution in [0.3, 0.4) is 0 Å². The molecule has 0 saturated carbocycles. The summed E-state index contributed by atoms with van der Waals surface area (Å²) in [7, 11) is 1.66. The molecule has 4 nitrogen and oxygen atoms in total. The Kier molecular flexibility index (Phi) is 4.47. The summed E-state index contributed by atoms with van der Waals surface area (Å²) in [6, 6.07) is 5.76. The molecule has 2 N–H and O–H groups in total. The molecule has 0 aliphatic carbocycles. The van der Waals surface area contributed by atoms with E-state index in [1.165, 1.54) is 0 Å². The lowest BCUT2D eigenvalue weighted by molar-refractivity contribution is -0.168. The van der Waals surface area contributed by atoms with Crippen LogP contribution in [0.2, 0.25) is 0 Å². The van der Waals surface area contributed by atoms with Crippen molar-refractivity contribution in [2.24, 2.45) is 0 Å².